The molecule has 0 aromatic carbocycles. The van der Waals surface area contributed by atoms with Crippen LogP contribution >= 0.6 is 0 Å². The highest BCUT2D eigenvalue weighted by molar-refractivity contribution is 4.79. The van der Waals surface area contributed by atoms with Gasteiger partial charge in [-0.3, -0.25) is 0 Å². The minimum atomic E-state index is -0.567. The largest absolute Gasteiger partial charge is 0.393 e. The molecule has 0 bridgehead atoms. The minimum absolute atomic E-state index is 0.122. The molecule has 1 aliphatic rings. The summed E-state index contributed by atoms with van der Waals surface area (Å²) in [7, 11) is 0. The van der Waals surface area contributed by atoms with Gasteiger partial charge >= 0.3 is 0 Å². The number of β-amino-alcohol motifs (C(OH)–C–C–N with tert-alkyl or cyclic N) is 1. The summed E-state index contributed by atoms with van der Waals surface area (Å²) in [5.41, 5.74) is -0.567. The number of hydrogen-bond acceptors (Lipinski definition) is 3. The van der Waals surface area contributed by atoms with E-state index in [9.17, 15) is 10.2 Å². The lowest BCUT2D eigenvalue weighted by Gasteiger charge is -2.34. The van der Waals surface area contributed by atoms with Crippen molar-refractivity contribution in [3.05, 3.63) is 0 Å². The second-order valence-electron chi connectivity index (χ2n) is 4.36. The zero-order chi connectivity index (χ0) is 9.90. The fourth-order valence-corrected chi connectivity index (χ4v) is 1.67. The van der Waals surface area contributed by atoms with Gasteiger partial charge in [0.2, 0.25) is 0 Å². The number of hydrogen-bond donors (Lipinski definition) is 2. The molecular weight excluding hydrogens is 166 g/mol. The van der Waals surface area contributed by atoms with E-state index in [4.69, 9.17) is 0 Å². The van der Waals surface area contributed by atoms with Gasteiger partial charge in [0, 0.05) is 19.6 Å². The van der Waals surface area contributed by atoms with Crippen molar-refractivity contribution in [1.29, 1.82) is 0 Å². The van der Waals surface area contributed by atoms with Gasteiger partial charge in [0.15, 0.2) is 0 Å². The van der Waals surface area contributed by atoms with Crippen molar-refractivity contribution in [2.75, 3.05) is 19.6 Å². The number of aliphatic hydroxyl groups is 2. The first-order valence-electron chi connectivity index (χ1n) is 5.16. The third-order valence-electron chi connectivity index (χ3n) is 2.88. The van der Waals surface area contributed by atoms with Gasteiger partial charge in [-0.2, -0.15) is 0 Å². The smallest absolute Gasteiger partial charge is 0.0743 e. The van der Waals surface area contributed by atoms with Crippen molar-refractivity contribution in [2.45, 2.75) is 44.8 Å². The van der Waals surface area contributed by atoms with Crippen LogP contribution < -0.4 is 0 Å². The van der Waals surface area contributed by atoms with Crippen molar-refractivity contribution in [3.8, 4) is 0 Å². The molecule has 1 atom stereocenters. The normalized spacial score (nSPS) is 25.8. The van der Waals surface area contributed by atoms with Crippen LogP contribution in [0.15, 0.2) is 0 Å². The van der Waals surface area contributed by atoms with Gasteiger partial charge in [-0.1, -0.05) is 6.92 Å². The summed E-state index contributed by atoms with van der Waals surface area (Å²) in [6, 6.07) is 0. The van der Waals surface area contributed by atoms with Crippen LogP contribution in [0.3, 0.4) is 0 Å². The van der Waals surface area contributed by atoms with E-state index in [1.807, 2.05) is 13.8 Å². The summed E-state index contributed by atoms with van der Waals surface area (Å²) in [4.78, 5) is 2.23. The maximum Gasteiger partial charge on any atom is 0.0743 e. The molecular formula is C10H21NO2. The Morgan fingerprint density at radius 2 is 1.92 bits per heavy atom. The Bertz CT molecular complexity index is 151. The standard InChI is InChI=1S/C10H21NO2/c1-3-10(2,13)8-11-6-4-9(12)5-7-11/h9,12-13H,3-8H2,1-2H3. The van der Waals surface area contributed by atoms with E-state index in [1.165, 1.54) is 0 Å². The van der Waals surface area contributed by atoms with E-state index >= 15 is 0 Å². The molecule has 1 rings (SSSR count). The van der Waals surface area contributed by atoms with E-state index < -0.39 is 5.60 Å². The monoisotopic (exact) mass is 187 g/mol. The Morgan fingerprint density at radius 1 is 1.38 bits per heavy atom. The molecule has 1 saturated heterocycles. The van der Waals surface area contributed by atoms with Gasteiger partial charge in [0.05, 0.1) is 11.7 Å². The number of rotatable bonds is 3. The van der Waals surface area contributed by atoms with Crippen molar-refractivity contribution in [3.63, 3.8) is 0 Å². The van der Waals surface area contributed by atoms with Crippen LogP contribution in [0.5, 0.6) is 0 Å². The van der Waals surface area contributed by atoms with Crippen molar-refractivity contribution >= 4 is 0 Å². The fraction of sp³-hybridized carbons (Fsp3) is 1.00. The molecule has 1 heterocycles. The lowest BCUT2D eigenvalue weighted by molar-refractivity contribution is -0.00456. The second kappa shape index (κ2) is 4.40. The molecule has 1 fully saturated rings. The maximum absolute atomic E-state index is 9.84. The maximum atomic E-state index is 9.84. The number of piperidine rings is 1. The molecule has 3 nitrogen and oxygen atoms in total. The highest BCUT2D eigenvalue weighted by Gasteiger charge is 2.24. The quantitative estimate of drug-likeness (QED) is 0.680. The molecule has 0 aromatic rings. The molecule has 0 saturated carbocycles. The first-order valence-corrected chi connectivity index (χ1v) is 5.16. The van der Waals surface area contributed by atoms with Crippen LogP contribution in [0.2, 0.25) is 0 Å². The van der Waals surface area contributed by atoms with Gasteiger partial charge in [0.25, 0.3) is 0 Å². The molecule has 0 spiro atoms. The van der Waals surface area contributed by atoms with Crippen LogP contribution in [0.25, 0.3) is 0 Å². The van der Waals surface area contributed by atoms with Gasteiger partial charge in [-0.05, 0) is 26.2 Å². The highest BCUT2D eigenvalue weighted by atomic mass is 16.3. The van der Waals surface area contributed by atoms with E-state index in [0.717, 1.165) is 38.9 Å². The molecule has 2 N–H and O–H groups in total. The average molecular weight is 187 g/mol. The third-order valence-corrected chi connectivity index (χ3v) is 2.88. The summed E-state index contributed by atoms with van der Waals surface area (Å²) in [5.74, 6) is 0. The molecule has 13 heavy (non-hydrogen) atoms. The summed E-state index contributed by atoms with van der Waals surface area (Å²) >= 11 is 0. The number of nitrogens with zero attached hydrogens (tertiary/aromatic N) is 1. The van der Waals surface area contributed by atoms with Gasteiger partial charge < -0.3 is 15.1 Å². The molecule has 0 aromatic heterocycles. The Balaban J connectivity index is 2.30. The van der Waals surface area contributed by atoms with Gasteiger partial charge in [0.1, 0.15) is 0 Å². The Hall–Kier alpha value is -0.120. The first kappa shape index (κ1) is 11.0. The molecule has 0 radical (unpaired) electrons. The zero-order valence-corrected chi connectivity index (χ0v) is 8.66. The van der Waals surface area contributed by atoms with Crippen LogP contribution in [0.1, 0.15) is 33.1 Å². The molecule has 0 aliphatic carbocycles. The first-order chi connectivity index (χ1) is 6.03. The lowest BCUT2D eigenvalue weighted by atomic mass is 10.0. The Labute approximate surface area is 80.4 Å². The second-order valence-corrected chi connectivity index (χ2v) is 4.36. The van der Waals surface area contributed by atoms with Crippen LogP contribution in [0.4, 0.5) is 0 Å². The lowest BCUT2D eigenvalue weighted by Crippen LogP contribution is -2.45. The van der Waals surface area contributed by atoms with Crippen molar-refractivity contribution in [1.82, 2.24) is 4.90 Å². The minimum Gasteiger partial charge on any atom is -0.393 e. The summed E-state index contributed by atoms with van der Waals surface area (Å²) in [5, 5.41) is 19.1. The molecule has 0 amide bonds. The van der Waals surface area contributed by atoms with Crippen LogP contribution in [-0.4, -0.2) is 46.5 Å². The van der Waals surface area contributed by atoms with Crippen molar-refractivity contribution < 1.29 is 10.2 Å². The van der Waals surface area contributed by atoms with E-state index in [0.29, 0.717) is 0 Å². The fourth-order valence-electron chi connectivity index (χ4n) is 1.67. The predicted octanol–water partition coefficient (Wildman–Crippen LogP) is 0.604. The predicted molar refractivity (Wildman–Crippen MR) is 52.6 cm³/mol. The van der Waals surface area contributed by atoms with E-state index in [-0.39, 0.29) is 6.10 Å². The summed E-state index contributed by atoms with van der Waals surface area (Å²) in [6.45, 7) is 6.43. The van der Waals surface area contributed by atoms with Crippen LogP contribution in [-0.2, 0) is 0 Å². The van der Waals surface area contributed by atoms with Crippen molar-refractivity contribution in [2.24, 2.45) is 0 Å². The average Bonchev–Trinajstić information content (AvgIpc) is 2.09. The molecule has 1 aliphatic heterocycles. The Kier molecular flexibility index (Phi) is 3.71. The van der Waals surface area contributed by atoms with Gasteiger partial charge in [-0.15, -0.1) is 0 Å². The van der Waals surface area contributed by atoms with E-state index in [2.05, 4.69) is 4.90 Å². The zero-order valence-electron chi connectivity index (χ0n) is 8.66. The number of likely N-dealkylation sites (tertiary alicyclic amines) is 1. The van der Waals surface area contributed by atoms with Crippen LogP contribution in [0, 0.1) is 0 Å². The molecule has 78 valence electrons. The third kappa shape index (κ3) is 3.63. The number of aliphatic hydroxyl groups excluding tert-OH is 1. The summed E-state index contributed by atoms with van der Waals surface area (Å²) < 4.78 is 0. The SMILES string of the molecule is CCC(C)(O)CN1CCC(O)CC1. The Morgan fingerprint density at radius 3 is 2.38 bits per heavy atom. The summed E-state index contributed by atoms with van der Waals surface area (Å²) in [6.07, 6.45) is 2.36. The van der Waals surface area contributed by atoms with Gasteiger partial charge in [-0.25, -0.2) is 0 Å². The molecule has 1 unspecified atom stereocenters. The topological polar surface area (TPSA) is 43.7 Å². The molecule has 3 heteroatoms. The van der Waals surface area contributed by atoms with E-state index in [1.54, 1.807) is 0 Å². The highest BCUT2D eigenvalue weighted by Crippen LogP contribution is 2.15.